The summed E-state index contributed by atoms with van der Waals surface area (Å²) in [6.07, 6.45) is 2.00. The van der Waals surface area contributed by atoms with Crippen molar-refractivity contribution < 1.29 is 19.4 Å². The molecule has 7 heteroatoms. The molecule has 120 valence electrons. The van der Waals surface area contributed by atoms with Crippen molar-refractivity contribution in [2.45, 2.75) is 24.9 Å². The third kappa shape index (κ3) is 3.47. The lowest BCUT2D eigenvalue weighted by Crippen LogP contribution is -2.52. The van der Waals surface area contributed by atoms with Crippen LogP contribution in [0.25, 0.3) is 0 Å². The predicted molar refractivity (Wildman–Crippen MR) is 77.2 cm³/mol. The lowest BCUT2D eigenvalue weighted by molar-refractivity contribution is -0.142. The molecule has 0 aromatic rings. The summed E-state index contributed by atoms with van der Waals surface area (Å²) >= 11 is 0. The first-order valence-corrected chi connectivity index (χ1v) is 7.40. The van der Waals surface area contributed by atoms with Gasteiger partial charge in [-0.25, -0.2) is 4.79 Å². The lowest BCUT2D eigenvalue weighted by Gasteiger charge is -2.34. The molecular weight excluding hydrogens is 274 g/mol. The molecule has 0 aliphatic carbocycles. The Morgan fingerprint density at radius 2 is 2.00 bits per heavy atom. The van der Waals surface area contributed by atoms with Gasteiger partial charge in [0.1, 0.15) is 5.92 Å². The van der Waals surface area contributed by atoms with Gasteiger partial charge in [0.05, 0.1) is 19.3 Å². The van der Waals surface area contributed by atoms with Crippen molar-refractivity contribution in [3.05, 3.63) is 0 Å². The number of amides is 2. The van der Waals surface area contributed by atoms with E-state index < -0.39 is 11.9 Å². The molecule has 3 atom stereocenters. The molecular formula is C14H25N3O4. The van der Waals surface area contributed by atoms with Crippen molar-refractivity contribution in [2.75, 3.05) is 47.4 Å². The molecule has 0 aromatic heterocycles. The lowest BCUT2D eigenvalue weighted by atomic mass is 10.0. The normalized spacial score (nSPS) is 29.1. The zero-order chi connectivity index (χ0) is 15.6. The number of likely N-dealkylation sites (tertiary alicyclic amines) is 1. The molecule has 0 aromatic carbocycles. The number of ether oxygens (including phenoxy) is 1. The molecule has 7 nitrogen and oxygen atoms in total. The highest BCUT2D eigenvalue weighted by Crippen LogP contribution is 2.24. The van der Waals surface area contributed by atoms with Crippen LogP contribution in [-0.2, 0) is 9.53 Å². The van der Waals surface area contributed by atoms with Crippen molar-refractivity contribution in [1.29, 1.82) is 0 Å². The molecule has 21 heavy (non-hydrogen) atoms. The van der Waals surface area contributed by atoms with Crippen LogP contribution in [0, 0.1) is 5.92 Å². The van der Waals surface area contributed by atoms with Gasteiger partial charge in [0.2, 0.25) is 0 Å². The number of nitrogens with zero attached hydrogens (tertiary/aromatic N) is 3. The van der Waals surface area contributed by atoms with Crippen molar-refractivity contribution in [3.8, 4) is 0 Å². The predicted octanol–water partition coefficient (Wildman–Crippen LogP) is 0.164. The summed E-state index contributed by atoms with van der Waals surface area (Å²) in [7, 11) is 5.68. The van der Waals surface area contributed by atoms with E-state index in [9.17, 15) is 14.7 Å². The van der Waals surface area contributed by atoms with Crippen LogP contribution in [0.4, 0.5) is 4.79 Å². The summed E-state index contributed by atoms with van der Waals surface area (Å²) < 4.78 is 5.25. The van der Waals surface area contributed by atoms with Gasteiger partial charge in [-0.05, 0) is 26.9 Å². The monoisotopic (exact) mass is 299 g/mol. The molecule has 0 radical (unpaired) electrons. The Morgan fingerprint density at radius 3 is 2.62 bits per heavy atom. The van der Waals surface area contributed by atoms with Crippen LogP contribution in [0.3, 0.4) is 0 Å². The number of hydrogen-bond donors (Lipinski definition) is 1. The maximum absolute atomic E-state index is 12.7. The number of urea groups is 1. The average molecular weight is 299 g/mol. The maximum atomic E-state index is 12.7. The van der Waals surface area contributed by atoms with E-state index in [1.54, 1.807) is 11.9 Å². The van der Waals surface area contributed by atoms with Crippen LogP contribution >= 0.6 is 0 Å². The Hall–Kier alpha value is -1.34. The summed E-state index contributed by atoms with van der Waals surface area (Å²) in [6, 6.07) is -0.253. The number of carboxylic acids is 1. The minimum Gasteiger partial charge on any atom is -0.481 e. The Kier molecular flexibility index (Phi) is 5.05. The van der Waals surface area contributed by atoms with Gasteiger partial charge in [-0.15, -0.1) is 0 Å². The zero-order valence-corrected chi connectivity index (χ0v) is 13.0. The van der Waals surface area contributed by atoms with Gasteiger partial charge in [0, 0.05) is 26.2 Å². The molecule has 1 N–H and O–H groups in total. The SMILES string of the molecule is CN(C)CC1CCCN1C(=O)N(C)C1COCC1C(=O)O. The third-order valence-electron chi connectivity index (χ3n) is 4.37. The number of aliphatic carboxylic acids is 1. The van der Waals surface area contributed by atoms with E-state index in [0.29, 0.717) is 6.61 Å². The Labute approximate surface area is 125 Å². The number of rotatable bonds is 4. The van der Waals surface area contributed by atoms with Gasteiger partial charge in [-0.3, -0.25) is 4.79 Å². The van der Waals surface area contributed by atoms with Crippen LogP contribution in [0.1, 0.15) is 12.8 Å². The maximum Gasteiger partial charge on any atom is 0.320 e. The summed E-state index contributed by atoms with van der Waals surface area (Å²) in [4.78, 5) is 29.4. The van der Waals surface area contributed by atoms with E-state index in [-0.39, 0.29) is 24.7 Å². The average Bonchev–Trinajstić information content (AvgIpc) is 3.04. The van der Waals surface area contributed by atoms with Crippen molar-refractivity contribution in [2.24, 2.45) is 5.92 Å². The topological polar surface area (TPSA) is 73.3 Å². The molecule has 2 amide bonds. The van der Waals surface area contributed by atoms with Gasteiger partial charge >= 0.3 is 12.0 Å². The molecule has 0 bridgehead atoms. The highest BCUT2D eigenvalue weighted by atomic mass is 16.5. The second-order valence-corrected chi connectivity index (χ2v) is 6.19. The van der Waals surface area contributed by atoms with Crippen molar-refractivity contribution in [3.63, 3.8) is 0 Å². The van der Waals surface area contributed by atoms with Gasteiger partial charge in [-0.2, -0.15) is 0 Å². The minimum absolute atomic E-state index is 0.0823. The summed E-state index contributed by atoms with van der Waals surface area (Å²) in [5.41, 5.74) is 0. The fraction of sp³-hybridized carbons (Fsp3) is 0.857. The van der Waals surface area contributed by atoms with E-state index >= 15 is 0 Å². The number of carboxylic acid groups (broad SMARTS) is 1. The van der Waals surface area contributed by atoms with Crippen LogP contribution in [0.5, 0.6) is 0 Å². The second kappa shape index (κ2) is 6.62. The van der Waals surface area contributed by atoms with E-state index in [0.717, 1.165) is 25.9 Å². The minimum atomic E-state index is -0.900. The number of hydrogen-bond acceptors (Lipinski definition) is 4. The highest BCUT2D eigenvalue weighted by Gasteiger charge is 2.41. The van der Waals surface area contributed by atoms with Crippen LogP contribution < -0.4 is 0 Å². The van der Waals surface area contributed by atoms with Gasteiger partial charge in [-0.1, -0.05) is 0 Å². The van der Waals surface area contributed by atoms with Crippen molar-refractivity contribution >= 4 is 12.0 Å². The molecule has 2 aliphatic heterocycles. The smallest absolute Gasteiger partial charge is 0.320 e. The molecule has 3 unspecified atom stereocenters. The Balaban J connectivity index is 2.03. The number of carbonyl (C=O) groups is 2. The third-order valence-corrected chi connectivity index (χ3v) is 4.37. The molecule has 2 heterocycles. The molecule has 0 saturated carbocycles. The fourth-order valence-corrected chi connectivity index (χ4v) is 3.20. The van der Waals surface area contributed by atoms with Crippen LogP contribution in [0.2, 0.25) is 0 Å². The molecule has 2 saturated heterocycles. The van der Waals surface area contributed by atoms with Crippen LogP contribution in [0.15, 0.2) is 0 Å². The fourth-order valence-electron chi connectivity index (χ4n) is 3.20. The summed E-state index contributed by atoms with van der Waals surface area (Å²) in [5, 5.41) is 9.21. The first-order valence-electron chi connectivity index (χ1n) is 7.40. The standard InChI is InChI=1S/C14H25N3O4/c1-15(2)7-10-5-4-6-17(10)14(20)16(3)12-9-21-8-11(12)13(18)19/h10-12H,4-9H2,1-3H3,(H,18,19). The first kappa shape index (κ1) is 16.0. The molecule has 2 aliphatic rings. The molecule has 2 rings (SSSR count). The van der Waals surface area contributed by atoms with Crippen molar-refractivity contribution in [1.82, 2.24) is 14.7 Å². The number of carbonyl (C=O) groups excluding carboxylic acids is 1. The highest BCUT2D eigenvalue weighted by molar-refractivity contribution is 5.77. The van der Waals surface area contributed by atoms with E-state index in [4.69, 9.17) is 4.74 Å². The summed E-state index contributed by atoms with van der Waals surface area (Å²) in [6.45, 7) is 2.06. The quantitative estimate of drug-likeness (QED) is 0.801. The van der Waals surface area contributed by atoms with Crippen LogP contribution in [-0.4, -0.2) is 91.3 Å². The molecule has 0 spiro atoms. The van der Waals surface area contributed by atoms with Gasteiger partial charge < -0.3 is 24.5 Å². The number of likely N-dealkylation sites (N-methyl/N-ethyl adjacent to an activating group) is 2. The summed E-state index contributed by atoms with van der Waals surface area (Å²) in [5.74, 6) is -1.53. The van der Waals surface area contributed by atoms with E-state index in [1.165, 1.54) is 0 Å². The Bertz CT molecular complexity index is 402. The largest absolute Gasteiger partial charge is 0.481 e. The van der Waals surface area contributed by atoms with E-state index in [2.05, 4.69) is 4.90 Å². The first-order chi connectivity index (χ1) is 9.91. The zero-order valence-electron chi connectivity index (χ0n) is 13.0. The second-order valence-electron chi connectivity index (χ2n) is 6.19. The van der Waals surface area contributed by atoms with Gasteiger partial charge in [0.15, 0.2) is 0 Å². The van der Waals surface area contributed by atoms with E-state index in [1.807, 2.05) is 19.0 Å². The molecule has 2 fully saturated rings. The Morgan fingerprint density at radius 1 is 1.29 bits per heavy atom. The van der Waals surface area contributed by atoms with Gasteiger partial charge in [0.25, 0.3) is 0 Å².